The molecule has 220 valence electrons. The van der Waals surface area contributed by atoms with Crippen molar-refractivity contribution in [2.45, 2.75) is 38.5 Å². The van der Waals surface area contributed by atoms with Gasteiger partial charge < -0.3 is 19.3 Å². The minimum atomic E-state index is -0.740. The number of hydrogen-bond acceptors (Lipinski definition) is 13. The zero-order valence-corrected chi connectivity index (χ0v) is 23.1. The first kappa shape index (κ1) is 28.4. The predicted octanol–water partition coefficient (Wildman–Crippen LogP) is 4.92. The number of aromatic nitrogens is 3. The largest absolute Gasteiger partial charge is 0.493 e. The van der Waals surface area contributed by atoms with Crippen molar-refractivity contribution in [1.82, 2.24) is 15.0 Å². The van der Waals surface area contributed by atoms with Gasteiger partial charge in [-0.3, -0.25) is 20.2 Å². The minimum absolute atomic E-state index is 0.157. The number of nitrogens with one attached hydrogen (secondary N) is 1. The SMILES string of the molecule is COc1cc(/C=N\Nc2nc(N3CCCCC3)nc(N3CCCCC3)n2)ccc1Oc1ccc([N+](=O)[O-])cc1[N+](=O)[O-]. The van der Waals surface area contributed by atoms with Crippen molar-refractivity contribution in [3.63, 3.8) is 0 Å². The number of rotatable bonds is 10. The summed E-state index contributed by atoms with van der Waals surface area (Å²) in [6, 6.07) is 8.06. The van der Waals surface area contributed by atoms with Gasteiger partial charge in [-0.25, -0.2) is 5.43 Å². The van der Waals surface area contributed by atoms with Crippen LogP contribution in [-0.2, 0) is 0 Å². The van der Waals surface area contributed by atoms with Gasteiger partial charge in [0, 0.05) is 32.2 Å². The van der Waals surface area contributed by atoms with Crippen molar-refractivity contribution in [3.8, 4) is 17.2 Å². The number of ether oxygens (including phenoxy) is 2. The standard InChI is InChI=1S/C27H31N9O6/c1-41-24-16-19(8-10-23(24)42-22-11-9-20(35(37)38)17-21(22)36(39)40)18-28-32-25-29-26(33-12-4-2-5-13-33)31-27(30-25)34-14-6-3-7-15-34/h8-11,16-18H,2-7,12-15H2,1H3,(H,29,30,31,32)/b28-18-. The molecule has 0 atom stereocenters. The molecular formula is C27H31N9O6. The Hall–Kier alpha value is -5.08. The molecule has 0 aliphatic carbocycles. The molecule has 0 saturated carbocycles. The topological polar surface area (TPSA) is 174 Å². The first-order chi connectivity index (χ1) is 20.4. The van der Waals surface area contributed by atoms with Gasteiger partial charge in [-0.15, -0.1) is 0 Å². The fourth-order valence-corrected chi connectivity index (χ4v) is 4.85. The Morgan fingerprint density at radius 1 is 0.810 bits per heavy atom. The Bertz CT molecular complexity index is 1440. The summed E-state index contributed by atoms with van der Waals surface area (Å²) in [6.07, 6.45) is 8.37. The van der Waals surface area contributed by atoms with E-state index in [0.717, 1.165) is 64.0 Å². The summed E-state index contributed by atoms with van der Waals surface area (Å²) in [5, 5.41) is 26.8. The van der Waals surface area contributed by atoms with Crippen LogP contribution in [0.1, 0.15) is 44.1 Å². The Balaban J connectivity index is 1.33. The van der Waals surface area contributed by atoms with E-state index in [1.165, 1.54) is 26.0 Å². The first-order valence-corrected chi connectivity index (χ1v) is 13.7. The van der Waals surface area contributed by atoms with Gasteiger partial charge in [-0.05, 0) is 68.4 Å². The zero-order valence-electron chi connectivity index (χ0n) is 23.1. The van der Waals surface area contributed by atoms with Crippen LogP contribution >= 0.6 is 0 Å². The molecule has 3 heterocycles. The van der Waals surface area contributed by atoms with Crippen molar-refractivity contribution in [2.75, 3.05) is 48.5 Å². The van der Waals surface area contributed by atoms with Crippen LogP contribution in [-0.4, -0.2) is 64.3 Å². The van der Waals surface area contributed by atoms with Gasteiger partial charge >= 0.3 is 5.69 Å². The van der Waals surface area contributed by atoms with Crippen LogP contribution in [0.5, 0.6) is 17.2 Å². The predicted molar refractivity (Wildman–Crippen MR) is 156 cm³/mol. The van der Waals surface area contributed by atoms with Crippen LogP contribution in [0.4, 0.5) is 29.2 Å². The fourth-order valence-electron chi connectivity index (χ4n) is 4.85. The molecule has 2 saturated heterocycles. The molecule has 42 heavy (non-hydrogen) atoms. The van der Waals surface area contributed by atoms with Gasteiger partial charge in [-0.2, -0.15) is 20.1 Å². The third kappa shape index (κ3) is 6.79. The average Bonchev–Trinajstić information content (AvgIpc) is 3.02. The number of anilines is 3. The molecule has 2 fully saturated rings. The average molecular weight is 578 g/mol. The highest BCUT2D eigenvalue weighted by atomic mass is 16.6. The lowest BCUT2D eigenvalue weighted by Gasteiger charge is -2.30. The van der Waals surface area contributed by atoms with Crippen LogP contribution in [0.2, 0.25) is 0 Å². The summed E-state index contributed by atoms with van der Waals surface area (Å²) in [4.78, 5) is 39.5. The number of methoxy groups -OCH3 is 1. The smallest absolute Gasteiger partial charge is 0.318 e. The van der Waals surface area contributed by atoms with Gasteiger partial charge in [-0.1, -0.05) is 0 Å². The first-order valence-electron chi connectivity index (χ1n) is 13.7. The third-order valence-corrected chi connectivity index (χ3v) is 7.03. The second kappa shape index (κ2) is 13.1. The molecule has 15 heteroatoms. The molecule has 1 aromatic heterocycles. The number of non-ortho nitro benzene ring substituents is 1. The number of hydrazone groups is 1. The van der Waals surface area contributed by atoms with E-state index >= 15 is 0 Å². The van der Waals surface area contributed by atoms with E-state index < -0.39 is 21.2 Å². The van der Waals surface area contributed by atoms with E-state index in [9.17, 15) is 20.2 Å². The lowest BCUT2D eigenvalue weighted by molar-refractivity contribution is -0.394. The monoisotopic (exact) mass is 577 g/mol. The van der Waals surface area contributed by atoms with Crippen molar-refractivity contribution < 1.29 is 19.3 Å². The van der Waals surface area contributed by atoms with Crippen molar-refractivity contribution in [2.24, 2.45) is 5.10 Å². The van der Waals surface area contributed by atoms with Gasteiger partial charge in [0.15, 0.2) is 11.5 Å². The van der Waals surface area contributed by atoms with E-state index in [2.05, 4.69) is 30.3 Å². The van der Waals surface area contributed by atoms with Crippen molar-refractivity contribution in [3.05, 3.63) is 62.2 Å². The number of nitro groups is 2. The summed E-state index contributed by atoms with van der Waals surface area (Å²) in [5.74, 6) is 1.95. The summed E-state index contributed by atoms with van der Waals surface area (Å²) in [5.41, 5.74) is 2.63. The number of nitrogens with zero attached hydrogens (tertiary/aromatic N) is 8. The van der Waals surface area contributed by atoms with Gasteiger partial charge in [0.1, 0.15) is 0 Å². The maximum absolute atomic E-state index is 11.5. The lowest BCUT2D eigenvalue weighted by Crippen LogP contribution is -2.34. The molecule has 0 radical (unpaired) electrons. The Labute approximate surface area is 241 Å². The quantitative estimate of drug-likeness (QED) is 0.196. The van der Waals surface area contributed by atoms with Crippen LogP contribution in [0.25, 0.3) is 0 Å². The molecule has 1 N–H and O–H groups in total. The molecule has 15 nitrogen and oxygen atoms in total. The second-order valence-electron chi connectivity index (χ2n) is 9.90. The lowest BCUT2D eigenvalue weighted by atomic mass is 10.1. The highest BCUT2D eigenvalue weighted by molar-refractivity contribution is 5.81. The molecule has 2 aliphatic heterocycles. The number of nitro benzene ring substituents is 2. The maximum Gasteiger partial charge on any atom is 0.318 e. The van der Waals surface area contributed by atoms with Crippen molar-refractivity contribution in [1.29, 1.82) is 0 Å². The zero-order chi connectivity index (χ0) is 29.5. The molecule has 0 unspecified atom stereocenters. The maximum atomic E-state index is 11.5. The number of hydrogen-bond donors (Lipinski definition) is 1. The Morgan fingerprint density at radius 3 is 2.00 bits per heavy atom. The Morgan fingerprint density at radius 2 is 1.43 bits per heavy atom. The highest BCUT2D eigenvalue weighted by Crippen LogP contribution is 2.38. The summed E-state index contributed by atoms with van der Waals surface area (Å²) >= 11 is 0. The molecule has 2 aromatic carbocycles. The molecule has 0 spiro atoms. The van der Waals surface area contributed by atoms with Crippen LogP contribution in [0.3, 0.4) is 0 Å². The van der Waals surface area contributed by atoms with Gasteiger partial charge in [0.25, 0.3) is 5.69 Å². The van der Waals surface area contributed by atoms with Crippen molar-refractivity contribution >= 4 is 35.4 Å². The van der Waals surface area contributed by atoms with E-state index in [4.69, 9.17) is 14.5 Å². The molecule has 5 rings (SSSR count). The third-order valence-electron chi connectivity index (χ3n) is 7.03. The van der Waals surface area contributed by atoms with Crippen LogP contribution in [0, 0.1) is 20.2 Å². The number of benzene rings is 2. The van der Waals surface area contributed by atoms with Crippen LogP contribution in [0.15, 0.2) is 41.5 Å². The molecule has 0 amide bonds. The van der Waals surface area contributed by atoms with E-state index in [1.54, 1.807) is 24.4 Å². The summed E-state index contributed by atoms with van der Waals surface area (Å²) in [6.45, 7) is 3.62. The minimum Gasteiger partial charge on any atom is -0.493 e. The Kier molecular flexibility index (Phi) is 8.84. The van der Waals surface area contributed by atoms with E-state index in [1.807, 2.05) is 0 Å². The van der Waals surface area contributed by atoms with E-state index in [0.29, 0.717) is 23.4 Å². The normalized spacial score (nSPS) is 15.5. The highest BCUT2D eigenvalue weighted by Gasteiger charge is 2.23. The van der Waals surface area contributed by atoms with Gasteiger partial charge in [0.2, 0.25) is 23.6 Å². The molecule has 2 aliphatic rings. The molecular weight excluding hydrogens is 546 g/mol. The molecule has 0 bridgehead atoms. The van der Waals surface area contributed by atoms with Gasteiger partial charge in [0.05, 0.1) is 29.2 Å². The second-order valence-corrected chi connectivity index (χ2v) is 9.90. The number of piperidine rings is 2. The summed E-state index contributed by atoms with van der Waals surface area (Å²) in [7, 11) is 1.43. The van der Waals surface area contributed by atoms with E-state index in [-0.39, 0.29) is 17.2 Å². The molecule has 3 aromatic rings. The van der Waals surface area contributed by atoms with Crippen LogP contribution < -0.4 is 24.7 Å². The summed E-state index contributed by atoms with van der Waals surface area (Å²) < 4.78 is 11.1. The fraction of sp³-hybridized carbons (Fsp3) is 0.407.